The minimum atomic E-state index is -0.0820. The third-order valence-corrected chi connectivity index (χ3v) is 12.6. The number of fused-ring (bicyclic) bond motifs is 16. The highest BCUT2D eigenvalue weighted by Crippen LogP contribution is 2.55. The Hall–Kier alpha value is -5.86. The first-order valence-corrected chi connectivity index (χ1v) is 17.9. The lowest BCUT2D eigenvalue weighted by Crippen LogP contribution is -2.15. The van der Waals surface area contributed by atoms with E-state index in [1.54, 1.807) is 0 Å². The molecule has 0 saturated heterocycles. The van der Waals surface area contributed by atoms with E-state index in [9.17, 15) is 0 Å². The average Bonchev–Trinajstić information content (AvgIpc) is 3.87. The second-order valence-electron chi connectivity index (χ2n) is 15.7. The van der Waals surface area contributed by atoms with Crippen molar-refractivity contribution in [2.45, 2.75) is 38.5 Å². The van der Waals surface area contributed by atoms with Crippen LogP contribution in [0.5, 0.6) is 0 Å². The van der Waals surface area contributed by atoms with E-state index in [4.69, 9.17) is 0 Å². The lowest BCUT2D eigenvalue weighted by molar-refractivity contribution is 0.661. The van der Waals surface area contributed by atoms with Gasteiger partial charge in [-0.15, -0.1) is 0 Å². The van der Waals surface area contributed by atoms with Gasteiger partial charge in [-0.3, -0.25) is 0 Å². The highest BCUT2D eigenvalue weighted by Gasteiger charge is 2.38. The van der Waals surface area contributed by atoms with E-state index in [0.717, 1.165) is 0 Å². The van der Waals surface area contributed by atoms with Crippen molar-refractivity contribution in [2.24, 2.45) is 0 Å². The molecule has 2 aliphatic carbocycles. The summed E-state index contributed by atoms with van der Waals surface area (Å²) in [7, 11) is 0. The van der Waals surface area contributed by atoms with Crippen LogP contribution < -0.4 is 0 Å². The van der Waals surface area contributed by atoms with E-state index in [1.807, 2.05) is 0 Å². The van der Waals surface area contributed by atoms with Crippen LogP contribution in [0, 0.1) is 0 Å². The highest BCUT2D eigenvalue weighted by atomic mass is 15.0. The molecule has 10 aromatic rings. The summed E-state index contributed by atoms with van der Waals surface area (Å²) in [5.74, 6) is 0. The molecule has 0 fully saturated rings. The summed E-state index contributed by atoms with van der Waals surface area (Å²) >= 11 is 0. The molecule has 236 valence electrons. The number of nitrogens with zero attached hydrogens (tertiary/aromatic N) is 2. The fourth-order valence-electron chi connectivity index (χ4n) is 10.3. The Morgan fingerprint density at radius 3 is 1.62 bits per heavy atom. The Bertz CT molecular complexity index is 3130. The first kappa shape index (κ1) is 27.0. The van der Waals surface area contributed by atoms with Gasteiger partial charge in [-0.2, -0.15) is 0 Å². The van der Waals surface area contributed by atoms with E-state index < -0.39 is 0 Å². The molecule has 0 spiro atoms. The smallest absolute Gasteiger partial charge is 0.0628 e. The number of aromatic nitrogens is 2. The van der Waals surface area contributed by atoms with Gasteiger partial charge in [-0.25, -0.2) is 0 Å². The van der Waals surface area contributed by atoms with E-state index in [2.05, 4.69) is 170 Å². The van der Waals surface area contributed by atoms with Crippen molar-refractivity contribution in [1.29, 1.82) is 0 Å². The summed E-state index contributed by atoms with van der Waals surface area (Å²) in [5, 5.41) is 7.98. The summed E-state index contributed by atoms with van der Waals surface area (Å²) in [6.07, 6.45) is 0. The van der Waals surface area contributed by atoms with Crippen molar-refractivity contribution in [2.75, 3.05) is 0 Å². The lowest BCUT2D eigenvalue weighted by atomic mass is 9.82. The molecule has 0 amide bonds. The Labute approximate surface area is 290 Å². The number of hydrogen-bond donors (Lipinski definition) is 0. The highest BCUT2D eigenvalue weighted by molar-refractivity contribution is 6.36. The van der Waals surface area contributed by atoms with E-state index in [-0.39, 0.29) is 10.8 Å². The zero-order valence-corrected chi connectivity index (χ0v) is 28.6. The molecule has 0 bridgehead atoms. The van der Waals surface area contributed by atoms with Crippen LogP contribution in [0.2, 0.25) is 0 Å². The maximum atomic E-state index is 2.63. The van der Waals surface area contributed by atoms with Gasteiger partial charge in [0.1, 0.15) is 0 Å². The Morgan fingerprint density at radius 1 is 0.380 bits per heavy atom. The number of para-hydroxylation sites is 2. The number of hydrogen-bond acceptors (Lipinski definition) is 0. The van der Waals surface area contributed by atoms with Crippen molar-refractivity contribution >= 4 is 59.9 Å². The second-order valence-corrected chi connectivity index (χ2v) is 15.7. The van der Waals surface area contributed by atoms with Crippen LogP contribution in [0.1, 0.15) is 49.9 Å². The van der Waals surface area contributed by atoms with Crippen molar-refractivity contribution < 1.29 is 0 Å². The molecule has 7 aromatic carbocycles. The summed E-state index contributed by atoms with van der Waals surface area (Å²) in [4.78, 5) is 0. The lowest BCUT2D eigenvalue weighted by Gasteiger charge is -2.22. The largest absolute Gasteiger partial charge is 0.309 e. The molecule has 3 aromatic heterocycles. The van der Waals surface area contributed by atoms with Crippen molar-refractivity contribution in [3.05, 3.63) is 156 Å². The van der Waals surface area contributed by atoms with Gasteiger partial charge >= 0.3 is 0 Å². The van der Waals surface area contributed by atoms with Gasteiger partial charge in [-0.1, -0.05) is 113 Å². The van der Waals surface area contributed by atoms with Gasteiger partial charge in [0.25, 0.3) is 0 Å². The van der Waals surface area contributed by atoms with E-state index in [0.29, 0.717) is 0 Å². The van der Waals surface area contributed by atoms with E-state index in [1.165, 1.54) is 110 Å². The molecule has 2 heteroatoms. The van der Waals surface area contributed by atoms with Crippen LogP contribution in [-0.2, 0) is 10.8 Å². The zero-order valence-electron chi connectivity index (χ0n) is 28.6. The van der Waals surface area contributed by atoms with Crippen LogP contribution in [0.25, 0.3) is 87.8 Å². The fraction of sp³-hybridized carbons (Fsp3) is 0.125. The summed E-state index contributed by atoms with van der Waals surface area (Å²) in [6, 6.07) is 50.6. The standard InChI is InChI=1S/C48H34N2/c1-47(2)36-19-11-8-16-28(36)31-22-33-34-24-43-44(30-18-10-13-21-40(30)49(43)27-14-6-5-7-15-27)45-35-23-32-29-17-9-12-20-37(29)48(3,4)39(32)26-42(35)50(46(34)45)41(33)25-38(31)47/h5-26H,1-4H3. The fourth-order valence-corrected chi connectivity index (χ4v) is 10.3. The normalized spacial score (nSPS) is 15.5. The first-order valence-electron chi connectivity index (χ1n) is 17.9. The minimum Gasteiger partial charge on any atom is -0.309 e. The molecule has 0 aliphatic heterocycles. The maximum absolute atomic E-state index is 2.63. The molecule has 2 aliphatic rings. The van der Waals surface area contributed by atoms with Crippen LogP contribution in [0.15, 0.2) is 133 Å². The molecular formula is C48H34N2. The first-order chi connectivity index (χ1) is 24.3. The van der Waals surface area contributed by atoms with E-state index >= 15 is 0 Å². The molecule has 0 N–H and O–H groups in total. The molecule has 12 rings (SSSR count). The third kappa shape index (κ3) is 2.96. The predicted molar refractivity (Wildman–Crippen MR) is 211 cm³/mol. The van der Waals surface area contributed by atoms with Gasteiger partial charge in [0.2, 0.25) is 0 Å². The number of benzene rings is 7. The van der Waals surface area contributed by atoms with Crippen LogP contribution in [-0.4, -0.2) is 8.97 Å². The van der Waals surface area contributed by atoms with Gasteiger partial charge in [0.05, 0.1) is 27.6 Å². The Balaban J connectivity index is 1.35. The zero-order chi connectivity index (χ0) is 33.3. The molecule has 0 unspecified atom stereocenters. The summed E-state index contributed by atoms with van der Waals surface area (Å²) in [6.45, 7) is 9.58. The Kier molecular flexibility index (Phi) is 4.67. The van der Waals surface area contributed by atoms with Crippen LogP contribution in [0.3, 0.4) is 0 Å². The molecule has 2 nitrogen and oxygen atoms in total. The van der Waals surface area contributed by atoms with Crippen molar-refractivity contribution in [3.8, 4) is 27.9 Å². The second kappa shape index (κ2) is 8.64. The predicted octanol–water partition coefficient (Wildman–Crippen LogP) is 12.5. The maximum Gasteiger partial charge on any atom is 0.0628 e. The molecule has 50 heavy (non-hydrogen) atoms. The topological polar surface area (TPSA) is 9.34 Å². The quantitative estimate of drug-likeness (QED) is 0.169. The van der Waals surface area contributed by atoms with Crippen LogP contribution >= 0.6 is 0 Å². The van der Waals surface area contributed by atoms with Crippen molar-refractivity contribution in [1.82, 2.24) is 8.97 Å². The number of rotatable bonds is 1. The van der Waals surface area contributed by atoms with Gasteiger partial charge in [0, 0.05) is 48.8 Å². The Morgan fingerprint density at radius 2 is 0.940 bits per heavy atom. The molecule has 0 saturated carbocycles. The van der Waals surface area contributed by atoms with Gasteiger partial charge in [-0.05, 0) is 93.0 Å². The average molecular weight is 639 g/mol. The molecule has 0 atom stereocenters. The van der Waals surface area contributed by atoms with Gasteiger partial charge in [0.15, 0.2) is 0 Å². The van der Waals surface area contributed by atoms with Gasteiger partial charge < -0.3 is 8.97 Å². The summed E-state index contributed by atoms with van der Waals surface area (Å²) in [5.41, 5.74) is 18.6. The monoisotopic (exact) mass is 638 g/mol. The molecule has 3 heterocycles. The minimum absolute atomic E-state index is 0.0759. The summed E-state index contributed by atoms with van der Waals surface area (Å²) < 4.78 is 5.11. The third-order valence-electron chi connectivity index (χ3n) is 12.6. The van der Waals surface area contributed by atoms with Crippen molar-refractivity contribution in [3.63, 3.8) is 0 Å². The molecular weight excluding hydrogens is 605 g/mol. The molecule has 0 radical (unpaired) electrons. The SMILES string of the molecule is CC1(C)c2ccccc2-c2cc3c4cc5c(c6ccccc6n5-c5ccccc5)c5c6cc7c(cc6n(c3cc21)c45)C(C)(C)c1ccccc1-7. The van der Waals surface area contributed by atoms with Crippen LogP contribution in [0.4, 0.5) is 0 Å².